The van der Waals surface area contributed by atoms with Gasteiger partial charge in [0.25, 0.3) is 0 Å². The van der Waals surface area contributed by atoms with Gasteiger partial charge in [-0.2, -0.15) is 4.67 Å². The maximum atomic E-state index is 6.67. The second kappa shape index (κ2) is 5.92. The zero-order valence-electron chi connectivity index (χ0n) is 12.5. The summed E-state index contributed by atoms with van der Waals surface area (Å²) in [6.07, 6.45) is 0. The first-order valence-corrected chi connectivity index (χ1v) is 9.02. The van der Waals surface area contributed by atoms with Crippen LogP contribution < -0.4 is 5.30 Å². The van der Waals surface area contributed by atoms with Crippen LogP contribution in [0.15, 0.2) is 60.7 Å². The van der Waals surface area contributed by atoms with Crippen LogP contribution in [0.3, 0.4) is 0 Å². The third kappa shape index (κ3) is 2.66. The van der Waals surface area contributed by atoms with Gasteiger partial charge in [0.05, 0.1) is 12.6 Å². The number of benzene rings is 2. The van der Waals surface area contributed by atoms with Gasteiger partial charge < -0.3 is 0 Å². The van der Waals surface area contributed by atoms with Gasteiger partial charge in [-0.3, -0.25) is 0 Å². The molecule has 1 aliphatic heterocycles. The van der Waals surface area contributed by atoms with E-state index in [4.69, 9.17) is 12.1 Å². The van der Waals surface area contributed by atoms with Crippen molar-refractivity contribution in [3.05, 3.63) is 66.2 Å². The largest absolute Gasteiger partial charge is 0.434 e. The van der Waals surface area contributed by atoms with Crippen LogP contribution in [0, 0.1) is 0 Å². The lowest BCUT2D eigenvalue weighted by atomic mass is 9.93. The molecular formula is C17H20BNOP+. The molecule has 21 heavy (non-hydrogen) atoms. The van der Waals surface area contributed by atoms with E-state index in [1.807, 2.05) is 24.3 Å². The van der Waals surface area contributed by atoms with Crippen LogP contribution in [0.1, 0.15) is 18.4 Å². The van der Waals surface area contributed by atoms with Crippen LogP contribution >= 0.6 is 7.52 Å². The van der Waals surface area contributed by atoms with Crippen molar-refractivity contribution in [3.8, 4) is 0 Å². The average Bonchev–Trinajstić information content (AvgIpc) is 2.54. The lowest BCUT2D eigenvalue weighted by Crippen LogP contribution is -2.45. The second-order valence-corrected chi connectivity index (χ2v) is 8.24. The summed E-state index contributed by atoms with van der Waals surface area (Å²) < 4.78 is 8.46. The SMILES string of the molecule is [B][P+]1(c2ccccc2)OC[C@@H](c2ccccc2)[C@@H](C)N1C. The molecule has 2 aromatic rings. The zero-order chi connectivity index (χ0) is 14.9. The minimum Gasteiger partial charge on any atom is -0.233 e. The number of likely N-dealkylation sites (N-methyl/N-ethyl adjacent to an activating group) is 1. The fourth-order valence-electron chi connectivity index (χ4n) is 2.93. The molecule has 2 radical (unpaired) electrons. The first-order chi connectivity index (χ1) is 10.1. The molecule has 0 N–H and O–H groups in total. The topological polar surface area (TPSA) is 12.5 Å². The predicted molar refractivity (Wildman–Crippen MR) is 91.1 cm³/mol. The van der Waals surface area contributed by atoms with E-state index in [9.17, 15) is 0 Å². The quantitative estimate of drug-likeness (QED) is 0.622. The number of hydrogen-bond donors (Lipinski definition) is 0. The Hall–Kier alpha value is -1.15. The van der Waals surface area contributed by atoms with E-state index in [1.165, 1.54) is 5.56 Å². The summed E-state index contributed by atoms with van der Waals surface area (Å²) in [5.74, 6) is 0.358. The maximum Gasteiger partial charge on any atom is 0.434 e. The molecule has 1 heterocycles. The van der Waals surface area contributed by atoms with Gasteiger partial charge in [0.2, 0.25) is 0 Å². The maximum absolute atomic E-state index is 6.67. The number of rotatable bonds is 2. The zero-order valence-corrected chi connectivity index (χ0v) is 13.4. The minimum atomic E-state index is -2.19. The van der Waals surface area contributed by atoms with Gasteiger partial charge in [-0.25, -0.2) is 4.52 Å². The summed E-state index contributed by atoms with van der Waals surface area (Å²) >= 11 is 0. The molecule has 4 heteroatoms. The second-order valence-electron chi connectivity index (χ2n) is 5.59. The predicted octanol–water partition coefficient (Wildman–Crippen LogP) is 3.38. The third-order valence-corrected chi connectivity index (χ3v) is 7.33. The fraction of sp³-hybridized carbons (Fsp3) is 0.294. The molecule has 1 fully saturated rings. The first kappa shape index (κ1) is 14.8. The standard InChI is InChI=1S/C17H20BNOP/c1-14-17(15-9-5-3-6-10-15)13-20-21(18,19(14)2)16-11-7-4-8-12-16/h3-12,14,17H,13H2,1-2H3/q+1/t14-,17-,21?/m1/s1. The molecule has 0 amide bonds. The molecule has 2 aromatic carbocycles. The van der Waals surface area contributed by atoms with E-state index < -0.39 is 7.52 Å². The molecule has 3 atom stereocenters. The van der Waals surface area contributed by atoms with Gasteiger partial charge in [-0.1, -0.05) is 48.5 Å². The van der Waals surface area contributed by atoms with Crippen LogP contribution in [0.25, 0.3) is 0 Å². The summed E-state index contributed by atoms with van der Waals surface area (Å²) in [5, 5.41) is 1.10. The molecule has 2 nitrogen and oxygen atoms in total. The summed E-state index contributed by atoms with van der Waals surface area (Å²) in [7, 11) is 6.57. The molecule has 0 spiro atoms. The van der Waals surface area contributed by atoms with E-state index in [0.717, 1.165) is 5.30 Å². The Balaban J connectivity index is 1.88. The van der Waals surface area contributed by atoms with Crippen molar-refractivity contribution in [3.63, 3.8) is 0 Å². The monoisotopic (exact) mass is 296 g/mol. The highest BCUT2D eigenvalue weighted by atomic mass is 31.2. The normalized spacial score (nSPS) is 30.2. The Morgan fingerprint density at radius 1 is 1.05 bits per heavy atom. The molecular weight excluding hydrogens is 276 g/mol. The van der Waals surface area contributed by atoms with E-state index in [2.05, 4.69) is 55.0 Å². The Morgan fingerprint density at radius 3 is 2.24 bits per heavy atom. The van der Waals surface area contributed by atoms with Gasteiger partial charge >= 0.3 is 7.57 Å². The summed E-state index contributed by atoms with van der Waals surface area (Å²) in [4.78, 5) is 0. The van der Waals surface area contributed by atoms with Crippen LogP contribution in [0.5, 0.6) is 0 Å². The minimum absolute atomic E-state index is 0.347. The van der Waals surface area contributed by atoms with Crippen molar-refractivity contribution in [2.75, 3.05) is 13.7 Å². The van der Waals surface area contributed by atoms with Crippen molar-refractivity contribution in [1.82, 2.24) is 4.67 Å². The van der Waals surface area contributed by atoms with E-state index >= 15 is 0 Å². The van der Waals surface area contributed by atoms with Crippen molar-refractivity contribution >= 4 is 20.4 Å². The van der Waals surface area contributed by atoms with Gasteiger partial charge in [0.15, 0.2) is 7.52 Å². The fourth-order valence-corrected chi connectivity index (χ4v) is 5.31. The Bertz CT molecular complexity index is 594. The van der Waals surface area contributed by atoms with Crippen molar-refractivity contribution in [2.45, 2.75) is 18.9 Å². The molecule has 0 saturated carbocycles. The molecule has 0 aromatic heterocycles. The smallest absolute Gasteiger partial charge is 0.233 e. The van der Waals surface area contributed by atoms with Crippen LogP contribution in [0.2, 0.25) is 0 Å². The highest BCUT2D eigenvalue weighted by Gasteiger charge is 2.50. The summed E-state index contributed by atoms with van der Waals surface area (Å²) in [6.45, 7) is 2.92. The molecule has 1 aliphatic rings. The van der Waals surface area contributed by atoms with Gasteiger partial charge in [0, 0.05) is 13.0 Å². The molecule has 0 aliphatic carbocycles. The van der Waals surface area contributed by atoms with Crippen molar-refractivity contribution < 1.29 is 4.52 Å². The molecule has 3 rings (SSSR count). The first-order valence-electron chi connectivity index (χ1n) is 7.29. The van der Waals surface area contributed by atoms with Crippen LogP contribution in [-0.2, 0) is 4.52 Å². The number of hydrogen-bond acceptors (Lipinski definition) is 2. The van der Waals surface area contributed by atoms with Crippen molar-refractivity contribution in [1.29, 1.82) is 0 Å². The highest BCUT2D eigenvalue weighted by Crippen LogP contribution is 2.61. The third-order valence-electron chi connectivity index (χ3n) is 4.45. The van der Waals surface area contributed by atoms with Gasteiger partial charge in [-0.05, 0) is 24.6 Å². The van der Waals surface area contributed by atoms with E-state index in [-0.39, 0.29) is 0 Å². The summed E-state index contributed by atoms with van der Waals surface area (Å²) in [6, 6.07) is 21.1. The number of nitrogens with zero attached hydrogens (tertiary/aromatic N) is 1. The lowest BCUT2D eigenvalue weighted by Gasteiger charge is -2.43. The Labute approximate surface area is 129 Å². The molecule has 106 valence electrons. The molecule has 0 bridgehead atoms. The van der Waals surface area contributed by atoms with Crippen LogP contribution in [0.4, 0.5) is 0 Å². The van der Waals surface area contributed by atoms with Gasteiger partial charge in [0.1, 0.15) is 5.30 Å². The van der Waals surface area contributed by atoms with Gasteiger partial charge in [-0.15, -0.1) is 0 Å². The summed E-state index contributed by atoms with van der Waals surface area (Å²) in [5.41, 5.74) is 1.32. The van der Waals surface area contributed by atoms with E-state index in [1.54, 1.807) is 0 Å². The highest BCUT2D eigenvalue weighted by molar-refractivity contribution is 7.97. The lowest BCUT2D eigenvalue weighted by molar-refractivity contribution is 0.186. The average molecular weight is 296 g/mol. The van der Waals surface area contributed by atoms with Crippen molar-refractivity contribution in [2.24, 2.45) is 0 Å². The van der Waals surface area contributed by atoms with E-state index in [0.29, 0.717) is 18.6 Å². The molecule has 1 unspecified atom stereocenters. The Morgan fingerprint density at radius 2 is 1.62 bits per heavy atom. The molecule has 1 saturated heterocycles. The Kier molecular flexibility index (Phi) is 4.17. The van der Waals surface area contributed by atoms with Crippen LogP contribution in [-0.4, -0.2) is 31.9 Å².